The first kappa shape index (κ1) is 15.8. The van der Waals surface area contributed by atoms with Gasteiger partial charge in [0.2, 0.25) is 5.91 Å². The van der Waals surface area contributed by atoms with Gasteiger partial charge < -0.3 is 9.80 Å². The van der Waals surface area contributed by atoms with Gasteiger partial charge in [0.25, 0.3) is 0 Å². The Morgan fingerprint density at radius 3 is 2.73 bits per heavy atom. The van der Waals surface area contributed by atoms with Gasteiger partial charge in [-0.25, -0.2) is 0 Å². The highest BCUT2D eigenvalue weighted by molar-refractivity contribution is 9.10. The van der Waals surface area contributed by atoms with E-state index in [0.29, 0.717) is 6.04 Å². The van der Waals surface area contributed by atoms with Crippen LogP contribution in [0.15, 0.2) is 34.8 Å². The van der Waals surface area contributed by atoms with Crippen molar-refractivity contribution in [2.75, 3.05) is 26.2 Å². The van der Waals surface area contributed by atoms with Crippen LogP contribution >= 0.6 is 15.9 Å². The third-order valence-electron chi connectivity index (χ3n) is 4.64. The fourth-order valence-electron chi connectivity index (χ4n) is 3.45. The Bertz CT molecular complexity index is 552. The molecule has 22 heavy (non-hydrogen) atoms. The van der Waals surface area contributed by atoms with Crippen LogP contribution in [0.25, 0.3) is 6.08 Å². The van der Waals surface area contributed by atoms with Gasteiger partial charge in [-0.15, -0.1) is 0 Å². The summed E-state index contributed by atoms with van der Waals surface area (Å²) in [6.45, 7) is 4.35. The highest BCUT2D eigenvalue weighted by Crippen LogP contribution is 2.22. The van der Waals surface area contributed by atoms with Gasteiger partial charge in [-0.1, -0.05) is 34.1 Å². The van der Waals surface area contributed by atoms with E-state index in [0.717, 1.165) is 36.0 Å². The Morgan fingerprint density at radius 1 is 1.18 bits per heavy atom. The summed E-state index contributed by atoms with van der Waals surface area (Å²) in [7, 11) is 0. The molecule has 2 heterocycles. The van der Waals surface area contributed by atoms with E-state index in [-0.39, 0.29) is 5.91 Å². The first-order valence-corrected chi connectivity index (χ1v) is 8.99. The number of carbonyl (C=O) groups is 1. The number of likely N-dealkylation sites (tertiary alicyclic amines) is 2. The molecule has 4 heteroatoms. The van der Waals surface area contributed by atoms with E-state index in [9.17, 15) is 4.79 Å². The summed E-state index contributed by atoms with van der Waals surface area (Å²) >= 11 is 3.52. The predicted octanol–water partition coefficient (Wildman–Crippen LogP) is 3.55. The summed E-state index contributed by atoms with van der Waals surface area (Å²) in [6, 6.07) is 8.38. The van der Waals surface area contributed by atoms with E-state index in [1.807, 2.05) is 30.3 Å². The second kappa shape index (κ2) is 7.42. The summed E-state index contributed by atoms with van der Waals surface area (Å²) in [5.41, 5.74) is 1.05. The number of carbonyl (C=O) groups excluding carboxylic acids is 1. The maximum atomic E-state index is 12.5. The lowest BCUT2D eigenvalue weighted by molar-refractivity contribution is -0.127. The van der Waals surface area contributed by atoms with Crippen LogP contribution in [0.1, 0.15) is 31.2 Å². The topological polar surface area (TPSA) is 23.6 Å². The molecule has 0 saturated carbocycles. The quantitative estimate of drug-likeness (QED) is 0.764. The Kier molecular flexibility index (Phi) is 5.32. The number of nitrogens with zero attached hydrogens (tertiary/aromatic N) is 2. The van der Waals surface area contributed by atoms with Gasteiger partial charge in [0.15, 0.2) is 0 Å². The van der Waals surface area contributed by atoms with E-state index in [4.69, 9.17) is 0 Å². The molecule has 3 rings (SSSR count). The van der Waals surface area contributed by atoms with E-state index >= 15 is 0 Å². The molecule has 0 N–H and O–H groups in total. The number of hydrogen-bond donors (Lipinski definition) is 0. The van der Waals surface area contributed by atoms with E-state index in [1.165, 1.54) is 25.9 Å². The van der Waals surface area contributed by atoms with Gasteiger partial charge in [0.05, 0.1) is 0 Å². The molecule has 0 aliphatic carbocycles. The Hall–Kier alpha value is -1.13. The number of halogens is 1. The van der Waals surface area contributed by atoms with Gasteiger partial charge in [0.1, 0.15) is 0 Å². The lowest BCUT2D eigenvalue weighted by atomic mass is 10.2. The SMILES string of the molecule is O=C(C=Cc1ccccc1Br)N1CCC[C@H]1CN1CCCC1. The number of rotatable bonds is 4. The van der Waals surface area contributed by atoms with Crippen molar-refractivity contribution in [3.63, 3.8) is 0 Å². The van der Waals surface area contributed by atoms with Crippen molar-refractivity contribution in [1.29, 1.82) is 0 Å². The maximum Gasteiger partial charge on any atom is 0.246 e. The average molecular weight is 363 g/mol. The molecule has 1 aromatic carbocycles. The molecule has 0 radical (unpaired) electrons. The van der Waals surface area contributed by atoms with Gasteiger partial charge in [-0.2, -0.15) is 0 Å². The third kappa shape index (κ3) is 3.79. The standard InChI is InChI=1S/C18H23BrN2O/c19-17-8-2-1-6-15(17)9-10-18(22)21-13-5-7-16(21)14-20-11-3-4-12-20/h1-2,6,8-10,16H,3-5,7,11-14H2/t16-/m0/s1. The second-order valence-corrected chi connectivity index (χ2v) is 7.04. The Labute approximate surface area is 141 Å². The molecule has 2 aliphatic heterocycles. The van der Waals surface area contributed by atoms with Gasteiger partial charge in [0, 0.05) is 29.7 Å². The zero-order valence-electron chi connectivity index (χ0n) is 12.9. The monoisotopic (exact) mass is 362 g/mol. The molecule has 118 valence electrons. The average Bonchev–Trinajstić information content (AvgIpc) is 3.18. The molecule has 1 amide bonds. The van der Waals surface area contributed by atoms with Crippen LogP contribution in [0.3, 0.4) is 0 Å². The largest absolute Gasteiger partial charge is 0.335 e. The van der Waals surface area contributed by atoms with E-state index in [2.05, 4.69) is 25.7 Å². The van der Waals surface area contributed by atoms with Crippen LogP contribution in [0, 0.1) is 0 Å². The fraction of sp³-hybridized carbons (Fsp3) is 0.500. The zero-order chi connectivity index (χ0) is 15.4. The van der Waals surface area contributed by atoms with Crippen molar-refractivity contribution in [2.45, 2.75) is 31.7 Å². The Balaban J connectivity index is 1.62. The van der Waals surface area contributed by atoms with Gasteiger partial charge >= 0.3 is 0 Å². The molecule has 0 bridgehead atoms. The minimum absolute atomic E-state index is 0.150. The van der Waals surface area contributed by atoms with Crippen LogP contribution < -0.4 is 0 Å². The van der Waals surface area contributed by atoms with Crippen molar-refractivity contribution in [3.05, 3.63) is 40.4 Å². The van der Waals surface area contributed by atoms with Crippen molar-refractivity contribution >= 4 is 27.9 Å². The summed E-state index contributed by atoms with van der Waals surface area (Å²) in [6.07, 6.45) is 8.53. The first-order chi connectivity index (χ1) is 10.7. The van der Waals surface area contributed by atoms with Crippen LogP contribution in [0.4, 0.5) is 0 Å². The smallest absolute Gasteiger partial charge is 0.246 e. The van der Waals surface area contributed by atoms with Gasteiger partial charge in [-0.3, -0.25) is 4.79 Å². The molecule has 1 atom stereocenters. The lowest BCUT2D eigenvalue weighted by Crippen LogP contribution is -2.41. The lowest BCUT2D eigenvalue weighted by Gasteiger charge is -2.27. The molecule has 2 saturated heterocycles. The number of hydrogen-bond acceptors (Lipinski definition) is 2. The van der Waals surface area contributed by atoms with Crippen molar-refractivity contribution in [3.8, 4) is 0 Å². The molecule has 3 nitrogen and oxygen atoms in total. The minimum Gasteiger partial charge on any atom is -0.335 e. The fourth-order valence-corrected chi connectivity index (χ4v) is 3.86. The molecule has 1 aromatic rings. The highest BCUT2D eigenvalue weighted by atomic mass is 79.9. The highest BCUT2D eigenvalue weighted by Gasteiger charge is 2.29. The van der Waals surface area contributed by atoms with Gasteiger partial charge in [-0.05, 0) is 56.5 Å². The van der Waals surface area contributed by atoms with Crippen molar-refractivity contribution in [1.82, 2.24) is 9.80 Å². The first-order valence-electron chi connectivity index (χ1n) is 8.19. The zero-order valence-corrected chi connectivity index (χ0v) is 14.5. The summed E-state index contributed by atoms with van der Waals surface area (Å²) in [4.78, 5) is 17.1. The van der Waals surface area contributed by atoms with Crippen LogP contribution in [-0.4, -0.2) is 47.9 Å². The normalized spacial score (nSPS) is 22.8. The van der Waals surface area contributed by atoms with E-state index < -0.39 is 0 Å². The molecule has 0 spiro atoms. The second-order valence-electron chi connectivity index (χ2n) is 6.19. The molecule has 0 aromatic heterocycles. The molecular weight excluding hydrogens is 340 g/mol. The van der Waals surface area contributed by atoms with E-state index in [1.54, 1.807) is 6.08 Å². The van der Waals surface area contributed by atoms with Crippen molar-refractivity contribution in [2.24, 2.45) is 0 Å². The number of amides is 1. The predicted molar refractivity (Wildman–Crippen MR) is 93.6 cm³/mol. The maximum absolute atomic E-state index is 12.5. The summed E-state index contributed by atoms with van der Waals surface area (Å²) in [5.74, 6) is 0.150. The number of benzene rings is 1. The minimum atomic E-state index is 0.150. The summed E-state index contributed by atoms with van der Waals surface area (Å²) in [5, 5.41) is 0. The third-order valence-corrected chi connectivity index (χ3v) is 5.36. The summed E-state index contributed by atoms with van der Waals surface area (Å²) < 4.78 is 1.02. The van der Waals surface area contributed by atoms with Crippen LogP contribution in [0.5, 0.6) is 0 Å². The molecule has 0 unspecified atom stereocenters. The van der Waals surface area contributed by atoms with Crippen LogP contribution in [-0.2, 0) is 4.79 Å². The molecular formula is C18H23BrN2O. The van der Waals surface area contributed by atoms with Crippen molar-refractivity contribution < 1.29 is 4.79 Å². The van der Waals surface area contributed by atoms with Crippen LogP contribution in [0.2, 0.25) is 0 Å². The molecule has 2 fully saturated rings. The Morgan fingerprint density at radius 2 is 1.95 bits per heavy atom. The molecule has 2 aliphatic rings.